The second-order valence-corrected chi connectivity index (χ2v) is 5.73. The Kier molecular flexibility index (Phi) is 4.29. The van der Waals surface area contributed by atoms with Crippen LogP contribution in [0.3, 0.4) is 0 Å². The molecule has 0 bridgehead atoms. The fourth-order valence-corrected chi connectivity index (χ4v) is 2.62. The Labute approximate surface area is 127 Å². The first kappa shape index (κ1) is 14.8. The van der Waals surface area contributed by atoms with Crippen LogP contribution in [0.25, 0.3) is 0 Å². The number of halogens is 1. The fraction of sp³-hybridized carbons (Fsp3) is 0.235. The summed E-state index contributed by atoms with van der Waals surface area (Å²) < 4.78 is 6.24. The first-order valence-corrected chi connectivity index (χ1v) is 7.20. The number of rotatable bonds is 3. The molecular weight excluding hydrogens is 316 g/mol. The lowest BCUT2D eigenvalue weighted by Gasteiger charge is -2.12. The Morgan fingerprint density at radius 3 is 2.40 bits per heavy atom. The van der Waals surface area contributed by atoms with Crippen LogP contribution < -0.4 is 4.74 Å². The van der Waals surface area contributed by atoms with Crippen molar-refractivity contribution in [1.29, 1.82) is 0 Å². The van der Waals surface area contributed by atoms with Crippen LogP contribution in [0.2, 0.25) is 0 Å². The third-order valence-electron chi connectivity index (χ3n) is 3.50. The maximum absolute atomic E-state index is 12.7. The van der Waals surface area contributed by atoms with Crippen LogP contribution in [0.4, 0.5) is 0 Å². The molecule has 0 fully saturated rings. The van der Waals surface area contributed by atoms with E-state index in [0.717, 1.165) is 38.0 Å². The third-order valence-corrected chi connectivity index (χ3v) is 4.36. The molecule has 2 aromatic rings. The Bertz CT molecular complexity index is 675. The number of carbonyl (C=O) groups is 1. The number of hydrogen-bond acceptors (Lipinski definition) is 2. The molecule has 0 unspecified atom stereocenters. The van der Waals surface area contributed by atoms with Gasteiger partial charge in [-0.1, -0.05) is 28.1 Å². The molecule has 0 radical (unpaired) electrons. The summed E-state index contributed by atoms with van der Waals surface area (Å²) in [4.78, 5) is 12.7. The van der Waals surface area contributed by atoms with E-state index in [1.54, 1.807) is 7.11 Å². The predicted molar refractivity (Wildman–Crippen MR) is 84.8 cm³/mol. The van der Waals surface area contributed by atoms with Gasteiger partial charge in [0.15, 0.2) is 5.78 Å². The summed E-state index contributed by atoms with van der Waals surface area (Å²) in [5, 5.41) is 0. The first-order valence-electron chi connectivity index (χ1n) is 6.40. The van der Waals surface area contributed by atoms with Gasteiger partial charge >= 0.3 is 0 Å². The summed E-state index contributed by atoms with van der Waals surface area (Å²) in [6.07, 6.45) is 0. The highest BCUT2D eigenvalue weighted by Gasteiger charge is 2.16. The molecule has 0 heterocycles. The van der Waals surface area contributed by atoms with Crippen molar-refractivity contribution in [2.24, 2.45) is 0 Å². The summed E-state index contributed by atoms with van der Waals surface area (Å²) in [7, 11) is 1.64. The Morgan fingerprint density at radius 2 is 1.75 bits per heavy atom. The molecule has 3 heteroatoms. The molecule has 0 amide bonds. The number of ketones is 1. The predicted octanol–water partition coefficient (Wildman–Crippen LogP) is 4.61. The molecule has 2 aromatic carbocycles. The van der Waals surface area contributed by atoms with Crippen molar-refractivity contribution in [2.45, 2.75) is 20.8 Å². The van der Waals surface area contributed by atoms with Crippen molar-refractivity contribution in [3.8, 4) is 5.75 Å². The quantitative estimate of drug-likeness (QED) is 0.767. The van der Waals surface area contributed by atoms with E-state index in [1.165, 1.54) is 0 Å². The van der Waals surface area contributed by atoms with Gasteiger partial charge in [0, 0.05) is 15.6 Å². The van der Waals surface area contributed by atoms with Crippen molar-refractivity contribution in [2.75, 3.05) is 7.11 Å². The summed E-state index contributed by atoms with van der Waals surface area (Å²) >= 11 is 3.47. The van der Waals surface area contributed by atoms with Gasteiger partial charge in [-0.25, -0.2) is 0 Å². The Hall–Kier alpha value is -1.61. The van der Waals surface area contributed by atoms with E-state index in [-0.39, 0.29) is 5.78 Å². The molecule has 0 saturated heterocycles. The van der Waals surface area contributed by atoms with E-state index in [9.17, 15) is 4.79 Å². The molecule has 0 saturated carbocycles. The largest absolute Gasteiger partial charge is 0.496 e. The van der Waals surface area contributed by atoms with E-state index in [2.05, 4.69) is 15.9 Å². The van der Waals surface area contributed by atoms with Crippen LogP contribution in [0.1, 0.15) is 32.6 Å². The lowest BCUT2D eigenvalue weighted by Crippen LogP contribution is -2.07. The monoisotopic (exact) mass is 332 g/mol. The van der Waals surface area contributed by atoms with Crippen LogP contribution in [-0.4, -0.2) is 12.9 Å². The number of carbonyl (C=O) groups excluding carboxylic acids is 1. The SMILES string of the molecule is COc1cc(C)c(C(=O)c2cccc(Br)c2C)cc1C. The van der Waals surface area contributed by atoms with Crippen LogP contribution in [0, 0.1) is 20.8 Å². The van der Waals surface area contributed by atoms with E-state index in [4.69, 9.17) is 4.74 Å². The van der Waals surface area contributed by atoms with Gasteiger partial charge in [0.25, 0.3) is 0 Å². The standard InChI is InChI=1S/C17H17BrO2/c1-10-9-16(20-4)11(2)8-14(10)17(19)13-6-5-7-15(18)12(13)3/h5-9H,1-4H3. The Morgan fingerprint density at radius 1 is 1.05 bits per heavy atom. The zero-order chi connectivity index (χ0) is 14.9. The topological polar surface area (TPSA) is 26.3 Å². The van der Waals surface area contributed by atoms with Crippen molar-refractivity contribution in [3.63, 3.8) is 0 Å². The van der Waals surface area contributed by atoms with Crippen molar-refractivity contribution in [3.05, 3.63) is 62.6 Å². The van der Waals surface area contributed by atoms with Crippen LogP contribution >= 0.6 is 15.9 Å². The summed E-state index contributed by atoms with van der Waals surface area (Å²) in [6.45, 7) is 5.83. The molecule has 0 aliphatic rings. The summed E-state index contributed by atoms with van der Waals surface area (Å²) in [6, 6.07) is 9.50. The second-order valence-electron chi connectivity index (χ2n) is 4.88. The molecule has 104 valence electrons. The van der Waals surface area contributed by atoms with Gasteiger partial charge in [-0.05, 0) is 55.7 Å². The molecule has 0 atom stereocenters. The van der Waals surface area contributed by atoms with E-state index in [0.29, 0.717) is 0 Å². The third kappa shape index (κ3) is 2.63. The molecule has 0 aliphatic heterocycles. The molecular formula is C17H17BrO2. The summed E-state index contributed by atoms with van der Waals surface area (Å²) in [5.74, 6) is 0.858. The van der Waals surface area contributed by atoms with Gasteiger partial charge in [-0.2, -0.15) is 0 Å². The maximum atomic E-state index is 12.7. The van der Waals surface area contributed by atoms with Crippen molar-refractivity contribution >= 4 is 21.7 Å². The normalized spacial score (nSPS) is 10.4. The van der Waals surface area contributed by atoms with E-state index >= 15 is 0 Å². The minimum atomic E-state index is 0.0482. The summed E-state index contributed by atoms with van der Waals surface area (Å²) in [5.41, 5.74) is 4.31. The van der Waals surface area contributed by atoms with Crippen molar-refractivity contribution < 1.29 is 9.53 Å². The average Bonchev–Trinajstić information content (AvgIpc) is 2.43. The highest BCUT2D eigenvalue weighted by atomic mass is 79.9. The number of aryl methyl sites for hydroxylation is 2. The second kappa shape index (κ2) is 5.80. The van der Waals surface area contributed by atoms with Gasteiger partial charge in [-0.15, -0.1) is 0 Å². The smallest absolute Gasteiger partial charge is 0.193 e. The molecule has 0 spiro atoms. The first-order chi connectivity index (χ1) is 9.45. The molecule has 20 heavy (non-hydrogen) atoms. The Balaban J connectivity index is 2.54. The minimum Gasteiger partial charge on any atom is -0.496 e. The zero-order valence-corrected chi connectivity index (χ0v) is 13.7. The number of methoxy groups -OCH3 is 1. The molecule has 0 aliphatic carbocycles. The number of benzene rings is 2. The van der Waals surface area contributed by atoms with Gasteiger partial charge in [0.2, 0.25) is 0 Å². The minimum absolute atomic E-state index is 0.0482. The van der Waals surface area contributed by atoms with Crippen molar-refractivity contribution in [1.82, 2.24) is 0 Å². The van der Waals surface area contributed by atoms with Crippen LogP contribution in [0.5, 0.6) is 5.75 Å². The lowest BCUT2D eigenvalue weighted by atomic mass is 9.94. The highest BCUT2D eigenvalue weighted by Crippen LogP contribution is 2.27. The number of hydrogen-bond donors (Lipinski definition) is 0. The maximum Gasteiger partial charge on any atom is 0.193 e. The highest BCUT2D eigenvalue weighted by molar-refractivity contribution is 9.10. The van der Waals surface area contributed by atoms with Crippen LogP contribution in [-0.2, 0) is 0 Å². The zero-order valence-electron chi connectivity index (χ0n) is 12.1. The molecule has 0 N–H and O–H groups in total. The number of ether oxygens (including phenoxy) is 1. The van der Waals surface area contributed by atoms with Gasteiger partial charge < -0.3 is 4.74 Å². The lowest BCUT2D eigenvalue weighted by molar-refractivity contribution is 0.103. The van der Waals surface area contributed by atoms with Gasteiger partial charge in [0.1, 0.15) is 5.75 Å². The van der Waals surface area contributed by atoms with E-state index < -0.39 is 0 Å². The molecule has 2 rings (SSSR count). The van der Waals surface area contributed by atoms with Gasteiger partial charge in [-0.3, -0.25) is 4.79 Å². The van der Waals surface area contributed by atoms with Crippen LogP contribution in [0.15, 0.2) is 34.8 Å². The molecule has 2 nitrogen and oxygen atoms in total. The molecule has 0 aromatic heterocycles. The average molecular weight is 333 g/mol. The van der Waals surface area contributed by atoms with Gasteiger partial charge in [0.05, 0.1) is 7.11 Å². The fourth-order valence-electron chi connectivity index (χ4n) is 2.25. The van der Waals surface area contributed by atoms with E-state index in [1.807, 2.05) is 51.1 Å².